The van der Waals surface area contributed by atoms with E-state index in [1.807, 2.05) is 6.07 Å². The maximum Gasteiger partial charge on any atom is 0.219 e. The van der Waals surface area contributed by atoms with Gasteiger partial charge in [0.1, 0.15) is 5.82 Å². The zero-order chi connectivity index (χ0) is 19.8. The van der Waals surface area contributed by atoms with Gasteiger partial charge in [0.2, 0.25) is 5.95 Å². The third-order valence-electron chi connectivity index (χ3n) is 4.89. The molecule has 1 atom stereocenters. The summed E-state index contributed by atoms with van der Waals surface area (Å²) in [6, 6.07) is 1.96. The molecule has 0 spiro atoms. The number of aromatic nitrogens is 4. The van der Waals surface area contributed by atoms with E-state index < -0.39 is 15.3 Å². The van der Waals surface area contributed by atoms with Crippen molar-refractivity contribution in [1.29, 1.82) is 0 Å². The molecule has 1 aliphatic heterocycles. The van der Waals surface area contributed by atoms with Crippen LogP contribution in [-0.4, -0.2) is 61.1 Å². The molecule has 10 heteroatoms. The molecule has 0 aliphatic carbocycles. The van der Waals surface area contributed by atoms with Crippen molar-refractivity contribution in [3.05, 3.63) is 24.2 Å². The lowest BCUT2D eigenvalue weighted by molar-refractivity contribution is 0.0985. The van der Waals surface area contributed by atoms with E-state index in [0.29, 0.717) is 42.7 Å². The summed E-state index contributed by atoms with van der Waals surface area (Å²) in [5, 5.41) is 0. The quantitative estimate of drug-likeness (QED) is 0.715. The number of morpholine rings is 1. The number of nitrogens with zero attached hydrogens (tertiary/aromatic N) is 5. The van der Waals surface area contributed by atoms with E-state index in [1.54, 1.807) is 26.2 Å². The van der Waals surface area contributed by atoms with Crippen molar-refractivity contribution >= 4 is 22.4 Å². The monoisotopic (exact) mass is 394 g/mol. The molecular weight excluding hydrogens is 368 g/mol. The summed E-state index contributed by atoms with van der Waals surface area (Å²) in [6.45, 7) is 7.49. The Hall–Kier alpha value is -2.01. The van der Waals surface area contributed by atoms with E-state index in [1.165, 1.54) is 6.26 Å². The first kappa shape index (κ1) is 19.7. The maximum atomic E-state index is 10.4. The molecule has 0 radical (unpaired) electrons. The number of nitrogen functional groups attached to an aromatic ring is 1. The summed E-state index contributed by atoms with van der Waals surface area (Å²) in [5.74, 6) is 1.29. The molecule has 1 aliphatic rings. The summed E-state index contributed by atoms with van der Waals surface area (Å²) >= 11 is 0. The highest BCUT2D eigenvalue weighted by Crippen LogP contribution is 2.54. The summed E-state index contributed by atoms with van der Waals surface area (Å²) in [6.07, 6.45) is 4.55. The molecule has 0 aromatic carbocycles. The Labute approximate surface area is 160 Å². The normalized spacial score (nSPS) is 19.2. The van der Waals surface area contributed by atoms with Crippen LogP contribution in [0.25, 0.3) is 11.4 Å². The van der Waals surface area contributed by atoms with Crippen molar-refractivity contribution in [2.75, 3.05) is 36.6 Å². The highest BCUT2D eigenvalue weighted by molar-refractivity contribution is 8.24. The molecule has 0 amide bonds. The van der Waals surface area contributed by atoms with Gasteiger partial charge in [-0.1, -0.05) is 0 Å². The lowest BCUT2D eigenvalue weighted by atomic mass is 10.1. The smallest absolute Gasteiger partial charge is 0.219 e. The summed E-state index contributed by atoms with van der Waals surface area (Å²) in [5.41, 5.74) is 6.73. The topological polar surface area (TPSA) is 131 Å². The number of hydrogen-bond acceptors (Lipinski definition) is 9. The van der Waals surface area contributed by atoms with Crippen LogP contribution in [-0.2, 0) is 9.48 Å². The fraction of sp³-hybridized carbons (Fsp3) is 0.529. The van der Waals surface area contributed by atoms with Gasteiger partial charge in [-0.25, -0.2) is 19.9 Å². The predicted octanol–water partition coefficient (Wildman–Crippen LogP) is 2.36. The molecule has 0 bridgehead atoms. The summed E-state index contributed by atoms with van der Waals surface area (Å²) in [4.78, 5) is 19.4. The van der Waals surface area contributed by atoms with E-state index in [-0.39, 0.29) is 12.0 Å². The Morgan fingerprint density at radius 2 is 1.93 bits per heavy atom. The second-order valence-electron chi connectivity index (χ2n) is 7.23. The number of hydrogen-bond donors (Lipinski definition) is 3. The van der Waals surface area contributed by atoms with Crippen molar-refractivity contribution < 1.29 is 13.8 Å². The molecule has 1 saturated heterocycles. The molecule has 2 aromatic heterocycles. The van der Waals surface area contributed by atoms with Gasteiger partial charge in [-0.15, -0.1) is 0 Å². The molecule has 27 heavy (non-hydrogen) atoms. The molecule has 0 saturated carbocycles. The van der Waals surface area contributed by atoms with Crippen LogP contribution in [0, 0.1) is 0 Å². The first-order chi connectivity index (χ1) is 12.6. The Kier molecular flexibility index (Phi) is 5.26. The van der Waals surface area contributed by atoms with Crippen LogP contribution in [0.3, 0.4) is 0 Å². The minimum absolute atomic E-state index is 0.141. The Morgan fingerprint density at radius 3 is 2.52 bits per heavy atom. The second kappa shape index (κ2) is 7.19. The molecule has 3 rings (SSSR count). The van der Waals surface area contributed by atoms with Crippen molar-refractivity contribution in [1.82, 2.24) is 19.9 Å². The lowest BCUT2D eigenvalue weighted by Crippen LogP contribution is -2.44. The largest absolute Gasteiger partial charge is 0.377 e. The highest BCUT2D eigenvalue weighted by Gasteiger charge is 2.35. The van der Waals surface area contributed by atoms with Gasteiger partial charge in [0.05, 0.1) is 35.3 Å². The SMILES string of the molecule is C[C@H]1COCCN1c1cc(C(C)(C)S(C)(O)O)nc(-c2cnc(N)nc2)n1. The average Bonchev–Trinajstić information content (AvgIpc) is 2.61. The van der Waals surface area contributed by atoms with Crippen LogP contribution < -0.4 is 10.6 Å². The lowest BCUT2D eigenvalue weighted by Gasteiger charge is -2.43. The van der Waals surface area contributed by atoms with Crippen molar-refractivity contribution in [2.24, 2.45) is 0 Å². The molecular formula is C17H26N6O3S. The van der Waals surface area contributed by atoms with Gasteiger partial charge in [-0.2, -0.15) is 10.6 Å². The van der Waals surface area contributed by atoms with Crippen LogP contribution in [0.1, 0.15) is 26.5 Å². The van der Waals surface area contributed by atoms with Crippen LogP contribution in [0.15, 0.2) is 18.5 Å². The van der Waals surface area contributed by atoms with Gasteiger partial charge >= 0.3 is 0 Å². The number of anilines is 2. The van der Waals surface area contributed by atoms with Crippen LogP contribution in [0.4, 0.5) is 11.8 Å². The zero-order valence-electron chi connectivity index (χ0n) is 16.0. The molecule has 2 aromatic rings. The molecule has 3 heterocycles. The molecule has 0 unspecified atom stereocenters. The van der Waals surface area contributed by atoms with Gasteiger partial charge in [0.25, 0.3) is 0 Å². The number of rotatable bonds is 4. The van der Waals surface area contributed by atoms with E-state index in [2.05, 4.69) is 31.8 Å². The van der Waals surface area contributed by atoms with Crippen molar-refractivity contribution in [3.63, 3.8) is 0 Å². The second-order valence-corrected chi connectivity index (χ2v) is 9.91. The Balaban J connectivity index is 2.14. The minimum atomic E-state index is -2.91. The van der Waals surface area contributed by atoms with E-state index in [9.17, 15) is 9.11 Å². The average molecular weight is 395 g/mol. The number of nitrogens with two attached hydrogens (primary N) is 1. The third-order valence-corrected chi connectivity index (χ3v) is 7.03. The van der Waals surface area contributed by atoms with Gasteiger partial charge in [-0.3, -0.25) is 9.11 Å². The van der Waals surface area contributed by atoms with E-state index in [0.717, 1.165) is 0 Å². The van der Waals surface area contributed by atoms with Crippen molar-refractivity contribution in [3.8, 4) is 11.4 Å². The zero-order valence-corrected chi connectivity index (χ0v) is 16.8. The third kappa shape index (κ3) is 3.98. The molecule has 1 fully saturated rings. The van der Waals surface area contributed by atoms with E-state index >= 15 is 0 Å². The van der Waals surface area contributed by atoms with Crippen LogP contribution in [0.5, 0.6) is 0 Å². The molecule has 4 N–H and O–H groups in total. The van der Waals surface area contributed by atoms with Crippen LogP contribution in [0.2, 0.25) is 0 Å². The molecule has 148 valence electrons. The number of ether oxygens (including phenoxy) is 1. The Morgan fingerprint density at radius 1 is 1.26 bits per heavy atom. The standard InChI is InChI=1S/C17H26N6O3S/c1-11-10-26-6-5-23(11)14-7-13(17(2,3)27(4,24)25)21-15(22-14)12-8-19-16(18)20-9-12/h7-9,11,24-25H,5-6,10H2,1-4H3,(H2,18,19,20)/t11-/m0/s1. The maximum absolute atomic E-state index is 10.4. The molecule has 9 nitrogen and oxygen atoms in total. The first-order valence-electron chi connectivity index (χ1n) is 8.64. The van der Waals surface area contributed by atoms with Crippen LogP contribution >= 0.6 is 10.6 Å². The predicted molar refractivity (Wildman–Crippen MR) is 107 cm³/mol. The van der Waals surface area contributed by atoms with Gasteiger partial charge < -0.3 is 15.4 Å². The highest BCUT2D eigenvalue weighted by atomic mass is 32.3. The first-order valence-corrected chi connectivity index (χ1v) is 10.6. The van der Waals surface area contributed by atoms with Gasteiger partial charge in [-0.05, 0) is 20.8 Å². The van der Waals surface area contributed by atoms with Gasteiger partial charge in [0, 0.05) is 31.3 Å². The fourth-order valence-corrected chi connectivity index (χ4v) is 3.24. The van der Waals surface area contributed by atoms with E-state index in [4.69, 9.17) is 10.5 Å². The fourth-order valence-electron chi connectivity index (χ4n) is 2.74. The van der Waals surface area contributed by atoms with Gasteiger partial charge in [0.15, 0.2) is 5.82 Å². The summed E-state index contributed by atoms with van der Waals surface area (Å²) in [7, 11) is -2.91. The Bertz CT molecular complexity index is 809. The van der Waals surface area contributed by atoms with Crippen molar-refractivity contribution in [2.45, 2.75) is 31.6 Å². The summed E-state index contributed by atoms with van der Waals surface area (Å²) < 4.78 is 25.3. The minimum Gasteiger partial charge on any atom is -0.377 e.